The highest BCUT2D eigenvalue weighted by Gasteiger charge is 2.28. The number of hydrogen-bond acceptors (Lipinski definition) is 6. The zero-order valence-electron chi connectivity index (χ0n) is 9.57. The number of aromatic nitrogens is 1. The molecule has 0 spiro atoms. The van der Waals surface area contributed by atoms with E-state index in [0.717, 1.165) is 0 Å². The van der Waals surface area contributed by atoms with E-state index in [9.17, 15) is 14.9 Å². The molecule has 2 rings (SSSR count). The van der Waals surface area contributed by atoms with E-state index in [0.29, 0.717) is 25.3 Å². The number of pyridine rings is 1. The number of nitro groups is 1. The van der Waals surface area contributed by atoms with Gasteiger partial charge in [0, 0.05) is 19.2 Å². The molecule has 1 aromatic rings. The molecule has 1 unspecified atom stereocenters. The molecule has 8 heteroatoms. The number of rotatable bonds is 3. The lowest BCUT2D eigenvalue weighted by Gasteiger charge is -2.16. The van der Waals surface area contributed by atoms with Gasteiger partial charge < -0.3 is 16.4 Å². The predicted molar refractivity (Wildman–Crippen MR) is 64.8 cm³/mol. The van der Waals surface area contributed by atoms with E-state index in [1.54, 1.807) is 0 Å². The second-order valence-electron chi connectivity index (χ2n) is 4.16. The van der Waals surface area contributed by atoms with Crippen LogP contribution < -0.4 is 16.4 Å². The van der Waals surface area contributed by atoms with Gasteiger partial charge in [0.05, 0.1) is 10.8 Å². The molecule has 1 aliphatic heterocycles. The zero-order valence-corrected chi connectivity index (χ0v) is 9.57. The van der Waals surface area contributed by atoms with Gasteiger partial charge in [-0.15, -0.1) is 0 Å². The van der Waals surface area contributed by atoms with Gasteiger partial charge in [-0.2, -0.15) is 0 Å². The van der Waals surface area contributed by atoms with E-state index >= 15 is 0 Å². The highest BCUT2D eigenvalue weighted by atomic mass is 16.6. The summed E-state index contributed by atoms with van der Waals surface area (Å²) >= 11 is 0. The van der Waals surface area contributed by atoms with Crippen molar-refractivity contribution in [2.45, 2.75) is 6.42 Å². The van der Waals surface area contributed by atoms with Crippen molar-refractivity contribution < 1.29 is 9.72 Å². The molecule has 96 valence electrons. The monoisotopic (exact) mass is 251 g/mol. The topological polar surface area (TPSA) is 128 Å². The Kier molecular flexibility index (Phi) is 3.00. The minimum Gasteiger partial charge on any atom is -0.378 e. The summed E-state index contributed by atoms with van der Waals surface area (Å²) in [6, 6.07) is 2.84. The Bertz CT molecular complexity index is 504. The van der Waals surface area contributed by atoms with Crippen molar-refractivity contribution in [3.63, 3.8) is 0 Å². The number of nitrogen functional groups attached to an aromatic ring is 1. The van der Waals surface area contributed by atoms with Crippen LogP contribution in [0, 0.1) is 16.0 Å². The molecule has 0 bridgehead atoms. The zero-order chi connectivity index (χ0) is 13.3. The van der Waals surface area contributed by atoms with Crippen molar-refractivity contribution in [3.8, 4) is 0 Å². The van der Waals surface area contributed by atoms with Crippen LogP contribution in [0.25, 0.3) is 0 Å². The lowest BCUT2D eigenvalue weighted by molar-refractivity contribution is -0.384. The maximum absolute atomic E-state index is 11.0. The van der Waals surface area contributed by atoms with Crippen molar-refractivity contribution in [1.82, 2.24) is 4.98 Å². The number of nitrogens with two attached hydrogens (primary N) is 2. The van der Waals surface area contributed by atoms with Gasteiger partial charge in [0.15, 0.2) is 0 Å². The molecule has 4 N–H and O–H groups in total. The third-order valence-electron chi connectivity index (χ3n) is 3.00. The van der Waals surface area contributed by atoms with Crippen molar-refractivity contribution in [2.24, 2.45) is 11.7 Å². The molecule has 2 heterocycles. The van der Waals surface area contributed by atoms with E-state index in [1.165, 1.54) is 12.1 Å². The Morgan fingerprint density at radius 1 is 1.56 bits per heavy atom. The maximum atomic E-state index is 11.0. The SMILES string of the molecule is NC(=O)C1CCN(c2ccc([N+](=O)[O-])c(N)n2)C1. The van der Waals surface area contributed by atoms with E-state index in [-0.39, 0.29) is 23.3 Å². The lowest BCUT2D eigenvalue weighted by atomic mass is 10.1. The van der Waals surface area contributed by atoms with Crippen LogP contribution in [0.2, 0.25) is 0 Å². The average molecular weight is 251 g/mol. The Morgan fingerprint density at radius 2 is 2.28 bits per heavy atom. The number of primary amides is 1. The molecular weight excluding hydrogens is 238 g/mol. The van der Waals surface area contributed by atoms with Crippen molar-refractivity contribution in [2.75, 3.05) is 23.7 Å². The van der Waals surface area contributed by atoms with Crippen molar-refractivity contribution in [1.29, 1.82) is 0 Å². The second-order valence-corrected chi connectivity index (χ2v) is 4.16. The van der Waals surface area contributed by atoms with Crippen molar-refractivity contribution >= 4 is 23.2 Å². The van der Waals surface area contributed by atoms with Gasteiger partial charge in [-0.1, -0.05) is 0 Å². The van der Waals surface area contributed by atoms with E-state index in [1.807, 2.05) is 4.90 Å². The Hall–Kier alpha value is -2.38. The van der Waals surface area contributed by atoms with Gasteiger partial charge in [-0.3, -0.25) is 14.9 Å². The van der Waals surface area contributed by atoms with E-state index in [4.69, 9.17) is 11.5 Å². The fourth-order valence-electron chi connectivity index (χ4n) is 1.99. The van der Waals surface area contributed by atoms with Gasteiger partial charge in [-0.25, -0.2) is 4.98 Å². The number of carbonyl (C=O) groups is 1. The van der Waals surface area contributed by atoms with Crippen LogP contribution in [-0.2, 0) is 4.79 Å². The first-order valence-corrected chi connectivity index (χ1v) is 5.44. The van der Waals surface area contributed by atoms with Crippen LogP contribution in [0.15, 0.2) is 12.1 Å². The highest BCUT2D eigenvalue weighted by Crippen LogP contribution is 2.26. The van der Waals surface area contributed by atoms with Crippen LogP contribution >= 0.6 is 0 Å². The summed E-state index contributed by atoms with van der Waals surface area (Å²) in [5, 5.41) is 10.6. The summed E-state index contributed by atoms with van der Waals surface area (Å²) < 4.78 is 0. The number of nitrogens with zero attached hydrogens (tertiary/aromatic N) is 3. The highest BCUT2D eigenvalue weighted by molar-refractivity contribution is 5.78. The molecule has 1 amide bonds. The number of hydrogen-bond donors (Lipinski definition) is 2. The van der Waals surface area contributed by atoms with Gasteiger partial charge in [0.25, 0.3) is 0 Å². The largest absolute Gasteiger partial charge is 0.378 e. The summed E-state index contributed by atoms with van der Waals surface area (Å²) in [7, 11) is 0. The number of carbonyl (C=O) groups excluding carboxylic acids is 1. The van der Waals surface area contributed by atoms with Crippen LogP contribution in [0.5, 0.6) is 0 Å². The van der Waals surface area contributed by atoms with Gasteiger partial charge in [0.1, 0.15) is 5.82 Å². The summed E-state index contributed by atoms with van der Waals surface area (Å²) in [4.78, 5) is 26.9. The molecule has 0 saturated carbocycles. The van der Waals surface area contributed by atoms with Gasteiger partial charge in [0.2, 0.25) is 11.7 Å². The standard InChI is InChI=1S/C10H13N5O3/c11-9-7(15(17)18)1-2-8(13-9)14-4-3-6(5-14)10(12)16/h1-2,6H,3-5H2,(H2,11,13)(H2,12,16). The first-order valence-electron chi connectivity index (χ1n) is 5.44. The number of amides is 1. The fraction of sp³-hybridized carbons (Fsp3) is 0.400. The molecule has 8 nitrogen and oxygen atoms in total. The first-order chi connectivity index (χ1) is 8.49. The smallest absolute Gasteiger partial charge is 0.311 e. The van der Waals surface area contributed by atoms with Crippen LogP contribution in [0.1, 0.15) is 6.42 Å². The van der Waals surface area contributed by atoms with Gasteiger partial charge >= 0.3 is 5.69 Å². The minimum atomic E-state index is -0.581. The van der Waals surface area contributed by atoms with E-state index in [2.05, 4.69) is 4.98 Å². The first kappa shape index (κ1) is 12.1. The molecule has 1 atom stereocenters. The normalized spacial score (nSPS) is 18.9. The molecular formula is C10H13N5O3. The summed E-state index contributed by atoms with van der Waals surface area (Å²) in [5.74, 6) is -0.141. The summed E-state index contributed by atoms with van der Waals surface area (Å²) in [5.41, 5.74) is 10.5. The summed E-state index contributed by atoms with van der Waals surface area (Å²) in [6.45, 7) is 1.11. The molecule has 1 aromatic heterocycles. The average Bonchev–Trinajstić information content (AvgIpc) is 2.77. The third-order valence-corrected chi connectivity index (χ3v) is 3.00. The fourth-order valence-corrected chi connectivity index (χ4v) is 1.99. The molecule has 1 fully saturated rings. The molecule has 1 aliphatic rings. The van der Waals surface area contributed by atoms with Crippen LogP contribution in [0.4, 0.5) is 17.3 Å². The van der Waals surface area contributed by atoms with Gasteiger partial charge in [-0.05, 0) is 12.5 Å². The molecule has 0 aromatic carbocycles. The number of anilines is 2. The van der Waals surface area contributed by atoms with Crippen LogP contribution in [0.3, 0.4) is 0 Å². The summed E-state index contributed by atoms with van der Waals surface area (Å²) in [6.07, 6.45) is 0.661. The minimum absolute atomic E-state index is 0.125. The van der Waals surface area contributed by atoms with E-state index < -0.39 is 4.92 Å². The Balaban J connectivity index is 2.18. The molecule has 18 heavy (non-hydrogen) atoms. The Morgan fingerprint density at radius 3 is 2.78 bits per heavy atom. The lowest BCUT2D eigenvalue weighted by Crippen LogP contribution is -2.27. The molecule has 0 radical (unpaired) electrons. The molecule has 1 saturated heterocycles. The quantitative estimate of drug-likeness (QED) is 0.569. The maximum Gasteiger partial charge on any atom is 0.311 e. The predicted octanol–water partition coefficient (Wildman–Crippen LogP) is -0.116. The Labute approximate surface area is 103 Å². The van der Waals surface area contributed by atoms with Crippen molar-refractivity contribution in [3.05, 3.63) is 22.2 Å². The second kappa shape index (κ2) is 4.47. The van der Waals surface area contributed by atoms with Crippen LogP contribution in [-0.4, -0.2) is 28.9 Å². The third kappa shape index (κ3) is 2.17. The molecule has 0 aliphatic carbocycles.